The Kier molecular flexibility index (Phi) is 9.60. The van der Waals surface area contributed by atoms with Gasteiger partial charge in [0.1, 0.15) is 18.9 Å². The number of aliphatic hydroxyl groups excluding tert-OH is 1. The molecule has 8 heteroatoms. The van der Waals surface area contributed by atoms with E-state index >= 15 is 0 Å². The first-order valence-corrected chi connectivity index (χ1v) is 11.7. The number of aromatic nitrogens is 2. The Hall–Kier alpha value is -2.55. The van der Waals surface area contributed by atoms with Crippen molar-refractivity contribution in [2.24, 2.45) is 0 Å². The molecule has 1 aromatic heterocycles. The smallest absolute Gasteiger partial charge is 0.222 e. The molecular formula is C25H36N4O4. The summed E-state index contributed by atoms with van der Waals surface area (Å²) < 4.78 is 11.6. The van der Waals surface area contributed by atoms with Gasteiger partial charge in [-0.2, -0.15) is 0 Å². The SMILES string of the molecule is C=C1/C=C\C=C/COc2c(C)nc(COCCCCC(=O)N3CCC(N(C)CO)CC3)nc21. The average Bonchev–Trinajstić information content (AvgIpc) is 2.91. The Labute approximate surface area is 196 Å². The van der Waals surface area contributed by atoms with Crippen molar-refractivity contribution in [1.29, 1.82) is 0 Å². The van der Waals surface area contributed by atoms with E-state index in [1.807, 2.05) is 48.1 Å². The summed E-state index contributed by atoms with van der Waals surface area (Å²) in [5.74, 6) is 1.46. The van der Waals surface area contributed by atoms with Gasteiger partial charge in [0.2, 0.25) is 5.91 Å². The number of amides is 1. The third-order valence-electron chi connectivity index (χ3n) is 6.08. The number of aliphatic hydroxyl groups is 1. The molecule has 0 unspecified atom stereocenters. The van der Waals surface area contributed by atoms with Gasteiger partial charge in [-0.15, -0.1) is 0 Å². The summed E-state index contributed by atoms with van der Waals surface area (Å²) in [6, 6.07) is 0.358. The van der Waals surface area contributed by atoms with Crippen molar-refractivity contribution < 1.29 is 19.4 Å². The molecule has 0 saturated carbocycles. The minimum atomic E-state index is 0.0612. The number of allylic oxidation sites excluding steroid dienone is 4. The van der Waals surface area contributed by atoms with Gasteiger partial charge in [-0.3, -0.25) is 9.69 Å². The van der Waals surface area contributed by atoms with Gasteiger partial charge in [-0.1, -0.05) is 24.8 Å². The predicted molar refractivity (Wildman–Crippen MR) is 128 cm³/mol. The Morgan fingerprint density at radius 2 is 2.09 bits per heavy atom. The van der Waals surface area contributed by atoms with E-state index in [1.165, 1.54) is 0 Å². The summed E-state index contributed by atoms with van der Waals surface area (Å²) in [6.07, 6.45) is 11.6. The molecule has 2 aliphatic heterocycles. The summed E-state index contributed by atoms with van der Waals surface area (Å²) >= 11 is 0. The van der Waals surface area contributed by atoms with Crippen molar-refractivity contribution in [2.75, 3.05) is 40.1 Å². The number of piperidine rings is 1. The number of carbonyl (C=O) groups excluding carboxylic acids is 1. The minimum Gasteiger partial charge on any atom is -0.485 e. The summed E-state index contributed by atoms with van der Waals surface area (Å²) in [7, 11) is 1.92. The highest BCUT2D eigenvalue weighted by Crippen LogP contribution is 2.28. The van der Waals surface area contributed by atoms with Crippen molar-refractivity contribution in [3.8, 4) is 5.75 Å². The van der Waals surface area contributed by atoms with Crippen molar-refractivity contribution in [3.63, 3.8) is 0 Å². The van der Waals surface area contributed by atoms with Crippen molar-refractivity contribution in [3.05, 3.63) is 48.1 Å². The molecule has 1 aromatic rings. The van der Waals surface area contributed by atoms with E-state index in [9.17, 15) is 9.90 Å². The number of unbranched alkanes of at least 4 members (excludes halogenated alkanes) is 1. The molecule has 1 N–H and O–H groups in total. The minimum absolute atomic E-state index is 0.0612. The fourth-order valence-corrected chi connectivity index (χ4v) is 4.07. The number of likely N-dealkylation sites (tertiary alicyclic amines) is 1. The highest BCUT2D eigenvalue weighted by molar-refractivity contribution is 5.76. The molecule has 1 amide bonds. The van der Waals surface area contributed by atoms with Crippen LogP contribution in [0.2, 0.25) is 0 Å². The molecule has 1 saturated heterocycles. The number of rotatable bonds is 9. The normalized spacial score (nSPS) is 18.8. The Morgan fingerprint density at radius 3 is 2.85 bits per heavy atom. The molecule has 180 valence electrons. The topological polar surface area (TPSA) is 88.0 Å². The molecule has 0 aliphatic carbocycles. The number of fused-ring (bicyclic) bond motifs is 1. The van der Waals surface area contributed by atoms with Gasteiger partial charge < -0.3 is 19.5 Å². The van der Waals surface area contributed by atoms with E-state index in [0.717, 1.165) is 50.0 Å². The Bertz CT molecular complexity index is 875. The second-order valence-electron chi connectivity index (χ2n) is 8.55. The maximum Gasteiger partial charge on any atom is 0.222 e. The van der Waals surface area contributed by atoms with Crippen molar-refractivity contribution in [1.82, 2.24) is 19.8 Å². The van der Waals surface area contributed by atoms with Gasteiger partial charge >= 0.3 is 0 Å². The average molecular weight is 457 g/mol. The lowest BCUT2D eigenvalue weighted by atomic mass is 10.0. The standard InChI is InChI=1S/C25H36N4O4/c1-19-9-5-4-7-16-33-25-20(2)26-22(27-24(19)25)17-32-15-8-6-10-23(31)29-13-11-21(12-14-29)28(3)18-30/h4-5,7,9,21,30H,1,6,8,10-18H2,2-3H3/b7-4-,9-5-. The van der Waals surface area contributed by atoms with E-state index < -0.39 is 0 Å². The molecule has 8 nitrogen and oxygen atoms in total. The maximum absolute atomic E-state index is 12.5. The van der Waals surface area contributed by atoms with E-state index in [0.29, 0.717) is 49.6 Å². The van der Waals surface area contributed by atoms with Crippen molar-refractivity contribution >= 4 is 11.5 Å². The van der Waals surface area contributed by atoms with Crippen LogP contribution < -0.4 is 4.74 Å². The van der Waals surface area contributed by atoms with Crippen LogP contribution in [0, 0.1) is 6.92 Å². The van der Waals surface area contributed by atoms with Crippen LogP contribution in [0.3, 0.4) is 0 Å². The van der Waals surface area contributed by atoms with Crippen LogP contribution >= 0.6 is 0 Å². The van der Waals surface area contributed by atoms with Crippen LogP contribution in [0.15, 0.2) is 30.9 Å². The third-order valence-corrected chi connectivity index (χ3v) is 6.08. The summed E-state index contributed by atoms with van der Waals surface area (Å²) in [4.78, 5) is 25.5. The number of carbonyl (C=O) groups is 1. The number of aryl methyl sites for hydroxylation is 1. The van der Waals surface area contributed by atoms with Gasteiger partial charge in [0.15, 0.2) is 11.6 Å². The first-order valence-electron chi connectivity index (χ1n) is 11.7. The summed E-state index contributed by atoms with van der Waals surface area (Å²) in [5.41, 5.74) is 2.23. The van der Waals surface area contributed by atoms with Crippen molar-refractivity contribution in [2.45, 2.75) is 51.7 Å². The molecule has 3 rings (SSSR count). The molecule has 2 aliphatic rings. The number of hydrogen-bond acceptors (Lipinski definition) is 7. The second kappa shape index (κ2) is 12.6. The highest BCUT2D eigenvalue weighted by atomic mass is 16.5. The fourth-order valence-electron chi connectivity index (χ4n) is 4.07. The molecule has 0 aromatic carbocycles. The van der Waals surface area contributed by atoms with Crippen LogP contribution in [0.1, 0.15) is 49.3 Å². The van der Waals surface area contributed by atoms with Gasteiger partial charge in [-0.25, -0.2) is 9.97 Å². The van der Waals surface area contributed by atoms with Gasteiger partial charge in [0.25, 0.3) is 0 Å². The van der Waals surface area contributed by atoms with E-state index in [1.54, 1.807) is 0 Å². The largest absolute Gasteiger partial charge is 0.485 e. The molecule has 0 bridgehead atoms. The lowest BCUT2D eigenvalue weighted by Gasteiger charge is -2.36. The molecular weight excluding hydrogens is 420 g/mol. The zero-order valence-electron chi connectivity index (χ0n) is 19.8. The molecule has 1 fully saturated rings. The molecule has 0 spiro atoms. The van der Waals surface area contributed by atoms with E-state index in [2.05, 4.69) is 16.5 Å². The van der Waals surface area contributed by atoms with Crippen LogP contribution in [-0.2, 0) is 16.1 Å². The van der Waals surface area contributed by atoms with E-state index in [4.69, 9.17) is 9.47 Å². The van der Waals surface area contributed by atoms with Crippen LogP contribution in [0.25, 0.3) is 5.57 Å². The lowest BCUT2D eigenvalue weighted by molar-refractivity contribution is -0.133. The predicted octanol–water partition coefficient (Wildman–Crippen LogP) is 2.86. The van der Waals surface area contributed by atoms with Gasteiger partial charge in [0.05, 0.1) is 12.4 Å². The Balaban J connectivity index is 1.38. The van der Waals surface area contributed by atoms with Crippen LogP contribution in [0.5, 0.6) is 5.75 Å². The van der Waals surface area contributed by atoms with Crippen LogP contribution in [-0.4, -0.2) is 76.9 Å². The molecule has 33 heavy (non-hydrogen) atoms. The third kappa shape index (κ3) is 7.22. The first kappa shape index (κ1) is 25.1. The number of ether oxygens (including phenoxy) is 2. The van der Waals surface area contributed by atoms with Gasteiger partial charge in [0, 0.05) is 32.2 Å². The zero-order chi connectivity index (χ0) is 23.6. The summed E-state index contributed by atoms with van der Waals surface area (Å²) in [6.45, 7) is 8.90. The quantitative estimate of drug-likeness (QED) is 0.452. The number of nitrogens with zero attached hydrogens (tertiary/aromatic N) is 4. The van der Waals surface area contributed by atoms with E-state index in [-0.39, 0.29) is 12.6 Å². The maximum atomic E-state index is 12.5. The second-order valence-corrected chi connectivity index (χ2v) is 8.55. The lowest BCUT2D eigenvalue weighted by Crippen LogP contribution is -2.45. The number of hydrogen-bond donors (Lipinski definition) is 1. The van der Waals surface area contributed by atoms with Gasteiger partial charge in [-0.05, 0) is 51.3 Å². The first-order chi connectivity index (χ1) is 16.0. The molecule has 0 atom stereocenters. The zero-order valence-corrected chi connectivity index (χ0v) is 19.8. The monoisotopic (exact) mass is 456 g/mol. The summed E-state index contributed by atoms with van der Waals surface area (Å²) in [5, 5.41) is 9.24. The highest BCUT2D eigenvalue weighted by Gasteiger charge is 2.24. The van der Waals surface area contributed by atoms with Crippen LogP contribution in [0.4, 0.5) is 0 Å². The Morgan fingerprint density at radius 1 is 1.30 bits per heavy atom. The molecule has 0 radical (unpaired) electrons. The molecule has 3 heterocycles. The fraction of sp³-hybridized carbons (Fsp3) is 0.560.